The third-order valence-corrected chi connectivity index (χ3v) is 8.22. The van der Waals surface area contributed by atoms with Gasteiger partial charge in [-0.25, -0.2) is 13.8 Å². The molecule has 8 nitrogen and oxygen atoms in total. The molecule has 0 amide bonds. The number of benzene rings is 1. The Kier molecular flexibility index (Phi) is 5.64. The standard InChI is InChI=1S/C25H29ClF2N6O2/c1-15-19(12-30-34(15)21-10-25(21,27)28)31-23-9-16-8-20(18(26)7-17(16)11-29-23)32-3-5-33(6-4-32)24(2)14-36-13-22(24)35/h7-9,11-12,21-22,35H,3-6,10,13-14H2,1-2H3,(H,29,31). The third-order valence-electron chi connectivity index (χ3n) is 7.91. The number of aliphatic hydroxyl groups excluding tert-OH is 1. The number of piperazine rings is 1. The summed E-state index contributed by atoms with van der Waals surface area (Å²) in [6.45, 7) is 7.93. The third kappa shape index (κ3) is 4.00. The quantitative estimate of drug-likeness (QED) is 0.529. The summed E-state index contributed by atoms with van der Waals surface area (Å²) in [7, 11) is 0. The zero-order valence-electron chi connectivity index (χ0n) is 20.2. The zero-order chi connectivity index (χ0) is 25.2. The van der Waals surface area contributed by atoms with Crippen LogP contribution in [0.4, 0.5) is 26.0 Å². The number of fused-ring (bicyclic) bond motifs is 1. The summed E-state index contributed by atoms with van der Waals surface area (Å²) in [6.07, 6.45) is 2.66. The Morgan fingerprint density at radius 3 is 2.56 bits per heavy atom. The minimum Gasteiger partial charge on any atom is -0.389 e. The molecule has 11 heteroatoms. The second-order valence-electron chi connectivity index (χ2n) is 10.3. The molecule has 3 fully saturated rings. The Morgan fingerprint density at radius 2 is 1.89 bits per heavy atom. The van der Waals surface area contributed by atoms with Crippen molar-refractivity contribution in [2.24, 2.45) is 0 Å². The lowest BCUT2D eigenvalue weighted by Gasteiger charge is -2.45. The van der Waals surface area contributed by atoms with Gasteiger partial charge in [0.05, 0.1) is 53.1 Å². The molecule has 192 valence electrons. The molecule has 3 atom stereocenters. The van der Waals surface area contributed by atoms with E-state index in [0.29, 0.717) is 35.4 Å². The fraction of sp³-hybridized carbons (Fsp3) is 0.520. The van der Waals surface area contributed by atoms with Gasteiger partial charge in [0.25, 0.3) is 5.92 Å². The number of halogens is 3. The van der Waals surface area contributed by atoms with E-state index in [4.69, 9.17) is 16.3 Å². The molecule has 2 saturated heterocycles. The number of rotatable bonds is 5. The summed E-state index contributed by atoms with van der Waals surface area (Å²) in [4.78, 5) is 9.06. The van der Waals surface area contributed by atoms with E-state index < -0.39 is 18.1 Å². The predicted molar refractivity (Wildman–Crippen MR) is 135 cm³/mol. The maximum Gasteiger partial charge on any atom is 0.272 e. The molecule has 3 aromatic rings. The van der Waals surface area contributed by atoms with Crippen LogP contribution in [0, 0.1) is 6.92 Å². The Balaban J connectivity index is 1.20. The van der Waals surface area contributed by atoms with E-state index in [0.717, 1.165) is 42.6 Å². The molecule has 36 heavy (non-hydrogen) atoms. The smallest absolute Gasteiger partial charge is 0.272 e. The molecule has 2 aliphatic heterocycles. The number of nitrogens with zero attached hydrogens (tertiary/aromatic N) is 5. The Hall–Kier alpha value is -2.53. The van der Waals surface area contributed by atoms with E-state index >= 15 is 0 Å². The molecule has 1 saturated carbocycles. The molecule has 6 rings (SSSR count). The van der Waals surface area contributed by atoms with Gasteiger partial charge in [-0.15, -0.1) is 0 Å². The summed E-state index contributed by atoms with van der Waals surface area (Å²) in [5.41, 5.74) is 1.91. The minimum atomic E-state index is -2.68. The Bertz CT molecular complexity index is 1310. The number of ether oxygens (including phenoxy) is 1. The van der Waals surface area contributed by atoms with Gasteiger partial charge in [-0.05, 0) is 37.4 Å². The average molecular weight is 519 g/mol. The first-order valence-electron chi connectivity index (χ1n) is 12.2. The molecule has 0 spiro atoms. The first kappa shape index (κ1) is 23.8. The Morgan fingerprint density at radius 1 is 1.14 bits per heavy atom. The van der Waals surface area contributed by atoms with Gasteiger partial charge >= 0.3 is 0 Å². The number of hydrogen-bond acceptors (Lipinski definition) is 7. The van der Waals surface area contributed by atoms with Crippen LogP contribution in [0.2, 0.25) is 5.02 Å². The molecule has 1 aliphatic carbocycles. The van der Waals surface area contributed by atoms with E-state index in [1.807, 2.05) is 12.1 Å². The Labute approximate surface area is 212 Å². The number of anilines is 3. The van der Waals surface area contributed by atoms with Gasteiger partial charge in [-0.2, -0.15) is 5.10 Å². The van der Waals surface area contributed by atoms with Crippen molar-refractivity contribution in [2.45, 2.75) is 43.9 Å². The van der Waals surface area contributed by atoms with E-state index in [1.165, 1.54) is 4.68 Å². The van der Waals surface area contributed by atoms with Crippen molar-refractivity contribution in [3.8, 4) is 0 Å². The molecular weight excluding hydrogens is 490 g/mol. The minimum absolute atomic E-state index is 0.172. The van der Waals surface area contributed by atoms with Crippen molar-refractivity contribution in [1.29, 1.82) is 0 Å². The molecule has 0 radical (unpaired) electrons. The van der Waals surface area contributed by atoms with Crippen LogP contribution >= 0.6 is 11.6 Å². The van der Waals surface area contributed by atoms with Crippen molar-refractivity contribution < 1.29 is 18.6 Å². The topological polar surface area (TPSA) is 78.7 Å². The normalized spacial score (nSPS) is 28.1. The molecule has 2 N–H and O–H groups in total. The molecule has 3 aliphatic rings. The van der Waals surface area contributed by atoms with Gasteiger partial charge in [0.15, 0.2) is 0 Å². The molecule has 3 unspecified atom stereocenters. The van der Waals surface area contributed by atoms with Crippen LogP contribution < -0.4 is 10.2 Å². The molecular formula is C25H29ClF2N6O2. The largest absolute Gasteiger partial charge is 0.389 e. The van der Waals surface area contributed by atoms with Gasteiger partial charge in [0.1, 0.15) is 11.9 Å². The van der Waals surface area contributed by atoms with Gasteiger partial charge in [0, 0.05) is 44.2 Å². The molecule has 4 heterocycles. The zero-order valence-corrected chi connectivity index (χ0v) is 21.0. The highest BCUT2D eigenvalue weighted by atomic mass is 35.5. The monoisotopic (exact) mass is 518 g/mol. The van der Waals surface area contributed by atoms with Crippen LogP contribution in [0.5, 0.6) is 0 Å². The van der Waals surface area contributed by atoms with Crippen LogP contribution in [0.3, 0.4) is 0 Å². The van der Waals surface area contributed by atoms with E-state index in [9.17, 15) is 13.9 Å². The number of pyridine rings is 1. The van der Waals surface area contributed by atoms with Crippen LogP contribution in [0.1, 0.15) is 25.1 Å². The van der Waals surface area contributed by atoms with E-state index in [-0.39, 0.29) is 12.0 Å². The lowest BCUT2D eigenvalue weighted by atomic mass is 9.95. The fourth-order valence-corrected chi connectivity index (χ4v) is 5.63. The maximum atomic E-state index is 13.5. The highest BCUT2D eigenvalue weighted by Gasteiger charge is 2.59. The molecule has 2 aromatic heterocycles. The van der Waals surface area contributed by atoms with Crippen molar-refractivity contribution in [1.82, 2.24) is 19.7 Å². The van der Waals surface area contributed by atoms with Crippen LogP contribution in [0.25, 0.3) is 10.8 Å². The van der Waals surface area contributed by atoms with Crippen molar-refractivity contribution >= 4 is 39.6 Å². The van der Waals surface area contributed by atoms with Gasteiger partial charge in [-0.3, -0.25) is 9.58 Å². The number of alkyl halides is 2. The predicted octanol–water partition coefficient (Wildman–Crippen LogP) is 3.99. The summed E-state index contributed by atoms with van der Waals surface area (Å²) in [6, 6.07) is 5.05. The summed E-state index contributed by atoms with van der Waals surface area (Å²) >= 11 is 6.67. The van der Waals surface area contributed by atoms with Crippen LogP contribution in [-0.4, -0.2) is 81.7 Å². The van der Waals surface area contributed by atoms with Crippen molar-refractivity contribution in [3.05, 3.63) is 41.3 Å². The second-order valence-corrected chi connectivity index (χ2v) is 10.7. The first-order valence-corrected chi connectivity index (χ1v) is 12.6. The average Bonchev–Trinajstić information content (AvgIpc) is 3.13. The number of aromatic nitrogens is 3. The SMILES string of the molecule is Cc1c(Nc2cc3cc(N4CCN(C5(C)COCC5O)CC4)c(Cl)cc3cn2)cnn1C1CC1(F)F. The van der Waals surface area contributed by atoms with E-state index in [1.54, 1.807) is 19.3 Å². The molecule has 1 aromatic carbocycles. The van der Waals surface area contributed by atoms with Crippen LogP contribution in [0.15, 0.2) is 30.6 Å². The maximum absolute atomic E-state index is 13.5. The first-order chi connectivity index (χ1) is 17.2. The molecule has 0 bridgehead atoms. The van der Waals surface area contributed by atoms with Crippen LogP contribution in [-0.2, 0) is 4.74 Å². The number of hydrogen-bond donors (Lipinski definition) is 2. The summed E-state index contributed by atoms with van der Waals surface area (Å²) < 4.78 is 33.9. The van der Waals surface area contributed by atoms with Gasteiger partial charge in [-0.1, -0.05) is 11.6 Å². The number of aliphatic hydroxyl groups is 1. The van der Waals surface area contributed by atoms with Crippen molar-refractivity contribution in [2.75, 3.05) is 49.6 Å². The summed E-state index contributed by atoms with van der Waals surface area (Å²) in [5.74, 6) is -2.08. The lowest BCUT2D eigenvalue weighted by Crippen LogP contribution is -2.60. The fourth-order valence-electron chi connectivity index (χ4n) is 5.34. The number of nitrogens with one attached hydrogen (secondary N) is 1. The summed E-state index contributed by atoms with van der Waals surface area (Å²) in [5, 5.41) is 20.3. The van der Waals surface area contributed by atoms with Gasteiger partial charge in [0.2, 0.25) is 0 Å². The van der Waals surface area contributed by atoms with Gasteiger partial charge < -0.3 is 20.1 Å². The second kappa shape index (κ2) is 8.51. The highest BCUT2D eigenvalue weighted by molar-refractivity contribution is 6.34. The van der Waals surface area contributed by atoms with Crippen molar-refractivity contribution in [3.63, 3.8) is 0 Å². The van der Waals surface area contributed by atoms with E-state index in [2.05, 4.69) is 38.2 Å². The highest BCUT2D eigenvalue weighted by Crippen LogP contribution is 2.53. The lowest BCUT2D eigenvalue weighted by molar-refractivity contribution is 0.00884.